The van der Waals surface area contributed by atoms with E-state index in [0.29, 0.717) is 13.0 Å². The first-order valence-electron chi connectivity index (χ1n) is 6.71. The number of hydrogen-bond acceptors (Lipinski definition) is 3. The molecule has 1 rings (SSSR count). The predicted molar refractivity (Wildman–Crippen MR) is 76.8 cm³/mol. The second kappa shape index (κ2) is 5.74. The Morgan fingerprint density at radius 1 is 1.47 bits per heavy atom. The van der Waals surface area contributed by atoms with Gasteiger partial charge in [-0.05, 0) is 26.7 Å². The predicted octanol–water partition coefficient (Wildman–Crippen LogP) is 1.07. The Morgan fingerprint density at radius 3 is 2.42 bits per heavy atom. The number of nitrogens with one attached hydrogen (secondary N) is 1. The van der Waals surface area contributed by atoms with Gasteiger partial charge in [0.1, 0.15) is 0 Å². The summed E-state index contributed by atoms with van der Waals surface area (Å²) in [5.74, 6) is 0.290. The second-order valence-corrected chi connectivity index (χ2v) is 5.77. The lowest BCUT2D eigenvalue weighted by atomic mass is 9.88. The molecule has 1 aromatic rings. The Labute approximate surface area is 115 Å². The molecule has 0 radical (unpaired) electrons. The lowest BCUT2D eigenvalue weighted by molar-refractivity contribution is -0.122. The van der Waals surface area contributed by atoms with Crippen molar-refractivity contribution >= 4 is 5.91 Å². The van der Waals surface area contributed by atoms with Crippen LogP contribution in [-0.2, 0) is 18.3 Å². The van der Waals surface area contributed by atoms with Crippen molar-refractivity contribution in [2.24, 2.45) is 18.7 Å². The third-order valence-corrected chi connectivity index (χ3v) is 4.12. The lowest BCUT2D eigenvalue weighted by Crippen LogP contribution is -2.55. The Balaban J connectivity index is 2.81. The zero-order valence-electron chi connectivity index (χ0n) is 12.9. The van der Waals surface area contributed by atoms with E-state index >= 15 is 0 Å². The number of aromatic nitrogens is 2. The summed E-state index contributed by atoms with van der Waals surface area (Å²) in [4.78, 5) is 12.2. The van der Waals surface area contributed by atoms with E-state index in [1.54, 1.807) is 0 Å². The van der Waals surface area contributed by atoms with E-state index < -0.39 is 0 Å². The molecule has 5 nitrogen and oxygen atoms in total. The molecule has 0 fully saturated rings. The highest BCUT2D eigenvalue weighted by Crippen LogP contribution is 2.17. The Hall–Kier alpha value is -1.36. The summed E-state index contributed by atoms with van der Waals surface area (Å²) in [7, 11) is 1.89. The Bertz CT molecular complexity index is 464. The van der Waals surface area contributed by atoms with Gasteiger partial charge in [-0.15, -0.1) is 0 Å². The van der Waals surface area contributed by atoms with Crippen molar-refractivity contribution in [1.29, 1.82) is 0 Å². The van der Waals surface area contributed by atoms with E-state index in [9.17, 15) is 4.79 Å². The van der Waals surface area contributed by atoms with Crippen molar-refractivity contribution in [3.05, 3.63) is 17.0 Å². The molecule has 0 aliphatic carbocycles. The molecule has 1 aromatic heterocycles. The fraction of sp³-hybridized carbons (Fsp3) is 0.714. The van der Waals surface area contributed by atoms with Crippen LogP contribution >= 0.6 is 0 Å². The molecule has 0 spiro atoms. The van der Waals surface area contributed by atoms with E-state index in [1.807, 2.05) is 32.5 Å². The maximum Gasteiger partial charge on any atom is 0.225 e. The molecule has 1 amide bonds. The number of aryl methyl sites for hydroxylation is 2. The molecule has 0 aromatic carbocycles. The summed E-state index contributed by atoms with van der Waals surface area (Å²) < 4.78 is 1.81. The maximum atomic E-state index is 12.2. The molecule has 108 valence electrons. The molecule has 0 saturated heterocycles. The van der Waals surface area contributed by atoms with Crippen molar-refractivity contribution in [1.82, 2.24) is 15.1 Å². The fourth-order valence-corrected chi connectivity index (χ4v) is 2.03. The first-order chi connectivity index (χ1) is 8.71. The van der Waals surface area contributed by atoms with Gasteiger partial charge in [0.15, 0.2) is 0 Å². The monoisotopic (exact) mass is 266 g/mol. The van der Waals surface area contributed by atoms with Crippen LogP contribution in [0.3, 0.4) is 0 Å². The van der Waals surface area contributed by atoms with Crippen LogP contribution in [0, 0.1) is 19.8 Å². The van der Waals surface area contributed by atoms with Crippen LogP contribution in [0.25, 0.3) is 0 Å². The summed E-state index contributed by atoms with van der Waals surface area (Å²) in [6.07, 6.45) is 0.355. The van der Waals surface area contributed by atoms with Crippen molar-refractivity contribution in [3.8, 4) is 0 Å². The molecule has 0 saturated carbocycles. The molecule has 1 atom stereocenters. The number of nitrogens with zero attached hydrogens (tertiary/aromatic N) is 2. The molecule has 1 unspecified atom stereocenters. The van der Waals surface area contributed by atoms with Gasteiger partial charge in [-0.1, -0.05) is 13.8 Å². The van der Waals surface area contributed by atoms with Gasteiger partial charge in [0, 0.05) is 24.8 Å². The van der Waals surface area contributed by atoms with Gasteiger partial charge in [-0.3, -0.25) is 9.48 Å². The molecule has 0 bridgehead atoms. The molecule has 0 aliphatic rings. The van der Waals surface area contributed by atoms with Gasteiger partial charge in [0.25, 0.3) is 0 Å². The van der Waals surface area contributed by atoms with Crippen molar-refractivity contribution in [3.63, 3.8) is 0 Å². The normalized spacial score (nSPS) is 14.5. The minimum atomic E-state index is -0.360. The van der Waals surface area contributed by atoms with Crippen molar-refractivity contribution in [2.75, 3.05) is 6.54 Å². The van der Waals surface area contributed by atoms with Crippen LogP contribution in [-0.4, -0.2) is 27.8 Å². The molecule has 1 heterocycles. The zero-order chi connectivity index (χ0) is 14.8. The summed E-state index contributed by atoms with van der Waals surface area (Å²) >= 11 is 0. The van der Waals surface area contributed by atoms with Crippen LogP contribution in [0.1, 0.15) is 37.7 Å². The van der Waals surface area contributed by atoms with Crippen molar-refractivity contribution in [2.45, 2.75) is 46.6 Å². The minimum absolute atomic E-state index is 0.000787. The molecular weight excluding hydrogens is 240 g/mol. The van der Waals surface area contributed by atoms with Gasteiger partial charge < -0.3 is 11.1 Å². The van der Waals surface area contributed by atoms with Gasteiger partial charge in [0.2, 0.25) is 5.91 Å². The number of carbonyl (C=O) groups is 1. The third-order valence-electron chi connectivity index (χ3n) is 4.12. The number of nitrogens with two attached hydrogens (primary N) is 1. The van der Waals surface area contributed by atoms with E-state index in [2.05, 4.69) is 24.3 Å². The van der Waals surface area contributed by atoms with Gasteiger partial charge >= 0.3 is 0 Å². The highest BCUT2D eigenvalue weighted by atomic mass is 16.1. The molecule has 3 N–H and O–H groups in total. The summed E-state index contributed by atoms with van der Waals surface area (Å²) in [5.41, 5.74) is 8.37. The average molecular weight is 266 g/mol. The minimum Gasteiger partial charge on any atom is -0.349 e. The van der Waals surface area contributed by atoms with E-state index in [0.717, 1.165) is 17.0 Å². The van der Waals surface area contributed by atoms with Gasteiger partial charge in [-0.25, -0.2) is 0 Å². The number of amides is 1. The fourth-order valence-electron chi connectivity index (χ4n) is 2.03. The largest absolute Gasteiger partial charge is 0.349 e. The standard InChI is InChI=1S/C14H26N4O/c1-9(2)14(5,8-15)16-13(19)7-12-10(3)17-18(6)11(12)4/h9H,7-8,15H2,1-6H3,(H,16,19). The Morgan fingerprint density at radius 2 is 2.05 bits per heavy atom. The van der Waals surface area contributed by atoms with E-state index in [1.165, 1.54) is 0 Å². The van der Waals surface area contributed by atoms with Crippen LogP contribution in [0.4, 0.5) is 0 Å². The van der Waals surface area contributed by atoms with Crippen LogP contribution < -0.4 is 11.1 Å². The van der Waals surface area contributed by atoms with Crippen LogP contribution in [0.15, 0.2) is 0 Å². The second-order valence-electron chi connectivity index (χ2n) is 5.77. The number of carbonyl (C=O) groups excluding carboxylic acids is 1. The van der Waals surface area contributed by atoms with Crippen LogP contribution in [0.5, 0.6) is 0 Å². The highest BCUT2D eigenvalue weighted by Gasteiger charge is 2.29. The molecule has 19 heavy (non-hydrogen) atoms. The number of rotatable bonds is 5. The SMILES string of the molecule is Cc1nn(C)c(C)c1CC(=O)NC(C)(CN)C(C)C. The van der Waals surface area contributed by atoms with E-state index in [-0.39, 0.29) is 17.4 Å². The van der Waals surface area contributed by atoms with Crippen molar-refractivity contribution < 1.29 is 4.79 Å². The van der Waals surface area contributed by atoms with Gasteiger partial charge in [-0.2, -0.15) is 5.10 Å². The number of hydrogen-bond donors (Lipinski definition) is 2. The quantitative estimate of drug-likeness (QED) is 0.837. The lowest BCUT2D eigenvalue weighted by Gasteiger charge is -2.33. The zero-order valence-corrected chi connectivity index (χ0v) is 12.9. The molecular formula is C14H26N4O. The first-order valence-corrected chi connectivity index (χ1v) is 6.71. The highest BCUT2D eigenvalue weighted by molar-refractivity contribution is 5.80. The smallest absolute Gasteiger partial charge is 0.225 e. The van der Waals surface area contributed by atoms with Crippen LogP contribution in [0.2, 0.25) is 0 Å². The van der Waals surface area contributed by atoms with E-state index in [4.69, 9.17) is 5.73 Å². The van der Waals surface area contributed by atoms with Gasteiger partial charge in [0.05, 0.1) is 17.7 Å². The Kier molecular flexibility index (Phi) is 4.74. The summed E-state index contributed by atoms with van der Waals surface area (Å²) in [6, 6.07) is 0. The summed E-state index contributed by atoms with van der Waals surface area (Å²) in [5, 5.41) is 7.38. The third kappa shape index (κ3) is 3.35. The summed E-state index contributed by atoms with van der Waals surface area (Å²) in [6.45, 7) is 10.5. The molecule has 0 aliphatic heterocycles. The average Bonchev–Trinajstić information content (AvgIpc) is 2.55. The molecule has 5 heteroatoms. The maximum absolute atomic E-state index is 12.2. The first kappa shape index (κ1) is 15.7. The topological polar surface area (TPSA) is 72.9 Å².